The van der Waals surface area contributed by atoms with Crippen LogP contribution < -0.4 is 0 Å². The van der Waals surface area contributed by atoms with Gasteiger partial charge >= 0.3 is 0 Å². The van der Waals surface area contributed by atoms with E-state index in [1.165, 1.54) is 6.07 Å². The highest BCUT2D eigenvalue weighted by atomic mass is 35.7. The lowest BCUT2D eigenvalue weighted by molar-refractivity contribution is 0.573. The Hall–Kier alpha value is -0.830. The molecule has 74 valence electrons. The monoisotopic (exact) mass is 253 g/mol. The van der Waals surface area contributed by atoms with Crippen LogP contribution >= 0.6 is 22.3 Å². The van der Waals surface area contributed by atoms with Crippen molar-refractivity contribution in [3.63, 3.8) is 0 Å². The lowest BCUT2D eigenvalue weighted by Gasteiger charge is -2.00. The van der Waals surface area contributed by atoms with E-state index in [2.05, 4.69) is 0 Å². The number of hydrogen-bond donors (Lipinski definition) is 0. The maximum absolute atomic E-state index is 13.2. The molecule has 0 atom stereocenters. The van der Waals surface area contributed by atoms with Gasteiger partial charge in [0.25, 0.3) is 9.05 Å². The molecule has 0 bridgehead atoms. The number of benzene rings is 1. The molecule has 0 heterocycles. The maximum Gasteiger partial charge on any atom is 0.264 e. The van der Waals surface area contributed by atoms with Crippen molar-refractivity contribution in [3.8, 4) is 6.07 Å². The van der Waals surface area contributed by atoms with Crippen molar-refractivity contribution in [1.82, 2.24) is 0 Å². The van der Waals surface area contributed by atoms with E-state index in [-0.39, 0.29) is 5.02 Å². The van der Waals surface area contributed by atoms with Crippen molar-refractivity contribution in [2.45, 2.75) is 4.90 Å². The van der Waals surface area contributed by atoms with Crippen LogP contribution in [0.2, 0.25) is 5.02 Å². The molecule has 0 saturated carbocycles. The molecule has 0 aromatic heterocycles. The van der Waals surface area contributed by atoms with Gasteiger partial charge in [0.05, 0.1) is 5.56 Å². The number of nitriles is 1. The first-order valence-electron chi connectivity index (χ1n) is 3.20. The molecule has 7 heteroatoms. The Morgan fingerprint density at radius 3 is 2.43 bits per heavy atom. The summed E-state index contributed by atoms with van der Waals surface area (Å²) in [5, 5.41) is 8.38. The Labute approximate surface area is 89.1 Å². The molecule has 1 aromatic carbocycles. The van der Waals surface area contributed by atoms with Crippen LogP contribution in [-0.4, -0.2) is 8.42 Å². The first-order valence-corrected chi connectivity index (χ1v) is 5.89. The molecule has 1 aromatic rings. The van der Waals surface area contributed by atoms with E-state index in [0.29, 0.717) is 0 Å². The van der Waals surface area contributed by atoms with Crippen LogP contribution in [0.25, 0.3) is 0 Å². The van der Waals surface area contributed by atoms with Gasteiger partial charge in [-0.15, -0.1) is 0 Å². The van der Waals surface area contributed by atoms with Crippen LogP contribution in [0.4, 0.5) is 4.39 Å². The molecule has 0 fully saturated rings. The lowest BCUT2D eigenvalue weighted by Crippen LogP contribution is -1.98. The Morgan fingerprint density at radius 2 is 2.00 bits per heavy atom. The average molecular weight is 254 g/mol. The lowest BCUT2D eigenvalue weighted by atomic mass is 10.2. The summed E-state index contributed by atoms with van der Waals surface area (Å²) in [6.07, 6.45) is 0. The van der Waals surface area contributed by atoms with Crippen LogP contribution in [0.15, 0.2) is 17.0 Å². The standard InChI is InChI=1S/C7H2Cl2FNO2S/c8-5-1-4(3-11)7(10)6(2-5)14(9,12)13/h1-2H. The molecule has 3 nitrogen and oxygen atoms in total. The summed E-state index contributed by atoms with van der Waals surface area (Å²) in [5.41, 5.74) is -0.461. The highest BCUT2D eigenvalue weighted by Crippen LogP contribution is 2.25. The zero-order chi connectivity index (χ0) is 10.9. The second-order valence-electron chi connectivity index (χ2n) is 2.32. The van der Waals surface area contributed by atoms with Crippen molar-refractivity contribution in [1.29, 1.82) is 5.26 Å². The number of hydrogen-bond acceptors (Lipinski definition) is 3. The predicted octanol–water partition coefficient (Wildman–Crippen LogP) is 2.28. The van der Waals surface area contributed by atoms with Crippen molar-refractivity contribution < 1.29 is 12.8 Å². The van der Waals surface area contributed by atoms with Crippen molar-refractivity contribution in [2.24, 2.45) is 0 Å². The summed E-state index contributed by atoms with van der Waals surface area (Å²) in [4.78, 5) is -0.789. The molecule has 0 saturated heterocycles. The molecule has 14 heavy (non-hydrogen) atoms. The highest BCUT2D eigenvalue weighted by Gasteiger charge is 2.20. The van der Waals surface area contributed by atoms with E-state index < -0.39 is 25.3 Å². The predicted molar refractivity (Wildman–Crippen MR) is 49.2 cm³/mol. The maximum atomic E-state index is 13.2. The van der Waals surface area contributed by atoms with E-state index in [9.17, 15) is 12.8 Å². The minimum Gasteiger partial charge on any atom is -0.207 e. The SMILES string of the molecule is N#Cc1cc(Cl)cc(S(=O)(=O)Cl)c1F. The molecule has 0 spiro atoms. The van der Waals surface area contributed by atoms with E-state index in [1.54, 1.807) is 0 Å². The Bertz CT molecular complexity index is 521. The summed E-state index contributed by atoms with van der Waals surface area (Å²) in [7, 11) is 0.702. The molecule has 0 aliphatic heterocycles. The van der Waals surface area contributed by atoms with E-state index in [0.717, 1.165) is 12.1 Å². The van der Waals surface area contributed by atoms with Crippen LogP contribution in [0, 0.1) is 17.1 Å². The van der Waals surface area contributed by atoms with Gasteiger partial charge in [-0.1, -0.05) is 11.6 Å². The molecule has 0 aliphatic rings. The summed E-state index contributed by atoms with van der Waals surface area (Å²) in [6.45, 7) is 0. The fourth-order valence-electron chi connectivity index (χ4n) is 0.823. The largest absolute Gasteiger partial charge is 0.264 e. The Kier molecular flexibility index (Phi) is 3.00. The molecular formula is C7H2Cl2FNO2S. The van der Waals surface area contributed by atoms with Crippen molar-refractivity contribution >= 4 is 31.3 Å². The Balaban J connectivity index is 3.64. The van der Waals surface area contributed by atoms with Crippen LogP contribution in [0.3, 0.4) is 0 Å². The van der Waals surface area contributed by atoms with Gasteiger partial charge in [-0.3, -0.25) is 0 Å². The fourth-order valence-corrected chi connectivity index (χ4v) is 2.03. The van der Waals surface area contributed by atoms with Crippen LogP contribution in [-0.2, 0) is 9.05 Å². The first kappa shape index (κ1) is 11.2. The zero-order valence-corrected chi connectivity index (χ0v) is 8.79. The minimum atomic E-state index is -4.23. The van der Waals surface area contributed by atoms with Gasteiger partial charge < -0.3 is 0 Å². The molecule has 1 rings (SSSR count). The summed E-state index contributed by atoms with van der Waals surface area (Å²) in [5.74, 6) is -1.19. The summed E-state index contributed by atoms with van der Waals surface area (Å²) in [6, 6.07) is 3.33. The normalized spacial score (nSPS) is 11.0. The van der Waals surface area contributed by atoms with Gasteiger partial charge in [-0.2, -0.15) is 5.26 Å². The van der Waals surface area contributed by atoms with Gasteiger partial charge in [-0.05, 0) is 12.1 Å². The molecule has 0 radical (unpaired) electrons. The second kappa shape index (κ2) is 3.73. The van der Waals surface area contributed by atoms with E-state index >= 15 is 0 Å². The molecule has 0 amide bonds. The third-order valence-corrected chi connectivity index (χ3v) is 2.93. The topological polar surface area (TPSA) is 57.9 Å². The van der Waals surface area contributed by atoms with E-state index in [1.807, 2.05) is 0 Å². The van der Waals surface area contributed by atoms with Crippen molar-refractivity contribution in [2.75, 3.05) is 0 Å². The van der Waals surface area contributed by atoms with Gasteiger partial charge in [0.15, 0.2) is 5.82 Å². The van der Waals surface area contributed by atoms with Crippen LogP contribution in [0.5, 0.6) is 0 Å². The molecule has 0 aliphatic carbocycles. The number of nitrogens with zero attached hydrogens (tertiary/aromatic N) is 1. The Morgan fingerprint density at radius 1 is 1.43 bits per heavy atom. The van der Waals surface area contributed by atoms with Gasteiger partial charge in [0, 0.05) is 15.7 Å². The van der Waals surface area contributed by atoms with E-state index in [4.69, 9.17) is 27.5 Å². The summed E-state index contributed by atoms with van der Waals surface area (Å²) >= 11 is 5.47. The van der Waals surface area contributed by atoms with Gasteiger partial charge in [-0.25, -0.2) is 12.8 Å². The molecular weight excluding hydrogens is 252 g/mol. The number of halogens is 3. The third kappa shape index (κ3) is 2.15. The molecule has 0 unspecified atom stereocenters. The molecule has 0 N–H and O–H groups in total. The fraction of sp³-hybridized carbons (Fsp3) is 0. The quantitative estimate of drug-likeness (QED) is 0.722. The number of rotatable bonds is 1. The average Bonchev–Trinajstić information content (AvgIpc) is 2.06. The van der Waals surface area contributed by atoms with Gasteiger partial charge in [0.1, 0.15) is 11.0 Å². The third-order valence-electron chi connectivity index (χ3n) is 1.39. The van der Waals surface area contributed by atoms with Crippen molar-refractivity contribution in [3.05, 3.63) is 28.5 Å². The highest BCUT2D eigenvalue weighted by molar-refractivity contribution is 8.13. The zero-order valence-electron chi connectivity index (χ0n) is 6.46. The first-order chi connectivity index (χ1) is 6.36. The minimum absolute atomic E-state index is 0.0674. The second-order valence-corrected chi connectivity index (χ2v) is 5.29. The smallest absolute Gasteiger partial charge is 0.207 e. The van der Waals surface area contributed by atoms with Gasteiger partial charge in [0.2, 0.25) is 0 Å². The van der Waals surface area contributed by atoms with Crippen LogP contribution in [0.1, 0.15) is 5.56 Å². The summed E-state index contributed by atoms with van der Waals surface area (Å²) < 4.78 is 34.9.